The molecule has 0 aliphatic heterocycles. The second-order valence-electron chi connectivity index (χ2n) is 4.43. The van der Waals surface area contributed by atoms with Gasteiger partial charge in [-0.3, -0.25) is 0 Å². The van der Waals surface area contributed by atoms with Gasteiger partial charge in [-0.05, 0) is 43.5 Å². The minimum atomic E-state index is -2.23. The quantitative estimate of drug-likeness (QED) is 0.810. The molecule has 0 bridgehead atoms. The Morgan fingerprint density at radius 1 is 1.29 bits per heavy atom. The van der Waals surface area contributed by atoms with Gasteiger partial charge in [0.2, 0.25) is 6.43 Å². The molecule has 1 aromatic rings. The summed E-state index contributed by atoms with van der Waals surface area (Å²) in [7, 11) is 1.99. The van der Waals surface area contributed by atoms with Crippen LogP contribution >= 0.6 is 11.8 Å². The first-order valence-corrected chi connectivity index (χ1v) is 6.85. The Bertz CT molecular complexity index is 347. The van der Waals surface area contributed by atoms with Crippen LogP contribution in [0.5, 0.6) is 0 Å². The lowest BCUT2D eigenvalue weighted by molar-refractivity contribution is 0.177. The minimum Gasteiger partial charge on any atom is -0.317 e. The highest BCUT2D eigenvalue weighted by molar-refractivity contribution is 7.99. The van der Waals surface area contributed by atoms with E-state index in [1.807, 2.05) is 19.2 Å². The van der Waals surface area contributed by atoms with Gasteiger partial charge in [-0.15, -0.1) is 11.8 Å². The predicted molar refractivity (Wildman–Crippen MR) is 68.0 cm³/mol. The molecule has 1 aliphatic rings. The van der Waals surface area contributed by atoms with Crippen LogP contribution in [-0.2, 0) is 0 Å². The molecule has 1 fully saturated rings. The SMILES string of the molecule is CNC1CC(c2ccc(SCC(F)F)cc2)C1. The Balaban J connectivity index is 1.86. The Morgan fingerprint density at radius 3 is 2.47 bits per heavy atom. The van der Waals surface area contributed by atoms with Gasteiger partial charge in [0.1, 0.15) is 0 Å². The standard InChI is InChI=1S/C13H17F2NS/c1-16-11-6-10(7-11)9-2-4-12(5-3-9)17-8-13(14)15/h2-5,10-11,13,16H,6-8H2,1H3. The molecule has 0 atom stereocenters. The van der Waals surface area contributed by atoms with Crippen molar-refractivity contribution in [3.05, 3.63) is 29.8 Å². The maximum absolute atomic E-state index is 12.0. The fourth-order valence-corrected chi connectivity index (χ4v) is 2.77. The maximum atomic E-state index is 12.0. The largest absolute Gasteiger partial charge is 0.317 e. The van der Waals surface area contributed by atoms with Gasteiger partial charge in [-0.1, -0.05) is 12.1 Å². The van der Waals surface area contributed by atoms with Crippen molar-refractivity contribution in [3.8, 4) is 0 Å². The predicted octanol–water partition coefficient (Wildman–Crippen LogP) is 3.51. The maximum Gasteiger partial charge on any atom is 0.247 e. The molecule has 0 amide bonds. The summed E-state index contributed by atoms with van der Waals surface area (Å²) >= 11 is 1.22. The van der Waals surface area contributed by atoms with Gasteiger partial charge in [-0.2, -0.15) is 0 Å². The summed E-state index contributed by atoms with van der Waals surface area (Å²) in [5, 5.41) is 3.26. The monoisotopic (exact) mass is 257 g/mol. The number of alkyl halides is 2. The summed E-state index contributed by atoms with van der Waals surface area (Å²) in [5.41, 5.74) is 1.33. The first kappa shape index (κ1) is 12.8. The summed E-state index contributed by atoms with van der Waals surface area (Å²) < 4.78 is 24.1. The van der Waals surface area contributed by atoms with Crippen LogP contribution in [0.25, 0.3) is 0 Å². The molecule has 4 heteroatoms. The van der Waals surface area contributed by atoms with Crippen LogP contribution in [0.1, 0.15) is 24.3 Å². The van der Waals surface area contributed by atoms with Crippen molar-refractivity contribution in [2.75, 3.05) is 12.8 Å². The topological polar surface area (TPSA) is 12.0 Å². The Morgan fingerprint density at radius 2 is 1.94 bits per heavy atom. The third-order valence-corrected chi connectivity index (χ3v) is 4.30. The molecule has 1 aromatic carbocycles. The first-order valence-electron chi connectivity index (χ1n) is 5.87. The second-order valence-corrected chi connectivity index (χ2v) is 5.52. The van der Waals surface area contributed by atoms with Crippen LogP contribution in [0.4, 0.5) is 8.78 Å². The lowest BCUT2D eigenvalue weighted by Gasteiger charge is -2.35. The molecule has 17 heavy (non-hydrogen) atoms. The average Bonchev–Trinajstić information content (AvgIpc) is 2.26. The average molecular weight is 257 g/mol. The zero-order valence-electron chi connectivity index (χ0n) is 9.83. The molecule has 2 rings (SSSR count). The fourth-order valence-electron chi connectivity index (χ4n) is 2.12. The van der Waals surface area contributed by atoms with Gasteiger partial charge in [0, 0.05) is 10.9 Å². The molecular formula is C13H17F2NS. The zero-order valence-corrected chi connectivity index (χ0v) is 10.6. The third-order valence-electron chi connectivity index (χ3n) is 3.27. The molecule has 0 spiro atoms. The highest BCUT2D eigenvalue weighted by Gasteiger charge is 2.28. The van der Waals surface area contributed by atoms with Gasteiger partial charge in [0.05, 0.1) is 5.75 Å². The number of nitrogens with one attached hydrogen (secondary N) is 1. The molecule has 1 nitrogen and oxygen atoms in total. The normalized spacial score (nSPS) is 23.8. The molecule has 1 saturated carbocycles. The minimum absolute atomic E-state index is 0.120. The highest BCUT2D eigenvalue weighted by atomic mass is 32.2. The van der Waals surface area contributed by atoms with E-state index >= 15 is 0 Å². The van der Waals surface area contributed by atoms with E-state index in [0.717, 1.165) is 4.90 Å². The molecular weight excluding hydrogens is 240 g/mol. The molecule has 0 radical (unpaired) electrons. The van der Waals surface area contributed by atoms with E-state index in [4.69, 9.17) is 0 Å². The molecule has 0 saturated heterocycles. The van der Waals surface area contributed by atoms with E-state index in [2.05, 4.69) is 17.4 Å². The van der Waals surface area contributed by atoms with Crippen LogP contribution in [0.15, 0.2) is 29.2 Å². The lowest BCUT2D eigenvalue weighted by atomic mass is 9.76. The fraction of sp³-hybridized carbons (Fsp3) is 0.538. The van der Waals surface area contributed by atoms with Crippen LogP contribution in [-0.4, -0.2) is 25.3 Å². The molecule has 1 N–H and O–H groups in total. The second kappa shape index (κ2) is 5.83. The van der Waals surface area contributed by atoms with Crippen LogP contribution < -0.4 is 5.32 Å². The molecule has 1 aliphatic carbocycles. The van der Waals surface area contributed by atoms with Crippen molar-refractivity contribution in [2.45, 2.75) is 36.1 Å². The Hall–Kier alpha value is -0.610. The summed E-state index contributed by atoms with van der Waals surface area (Å²) in [6.07, 6.45) is 0.128. The van der Waals surface area contributed by atoms with Gasteiger partial charge >= 0.3 is 0 Å². The third kappa shape index (κ3) is 3.42. The summed E-state index contributed by atoms with van der Waals surface area (Å²) in [6.45, 7) is 0. The van der Waals surface area contributed by atoms with E-state index in [-0.39, 0.29) is 5.75 Å². The van der Waals surface area contributed by atoms with Gasteiger partial charge in [0.15, 0.2) is 0 Å². The Labute approximate surface area is 105 Å². The molecule has 94 valence electrons. The van der Waals surface area contributed by atoms with Crippen molar-refractivity contribution < 1.29 is 8.78 Å². The van der Waals surface area contributed by atoms with Crippen molar-refractivity contribution in [2.24, 2.45) is 0 Å². The van der Waals surface area contributed by atoms with Crippen molar-refractivity contribution >= 4 is 11.8 Å². The summed E-state index contributed by atoms with van der Waals surface area (Å²) in [4.78, 5) is 0.929. The van der Waals surface area contributed by atoms with E-state index in [1.54, 1.807) is 0 Å². The summed E-state index contributed by atoms with van der Waals surface area (Å²) in [5.74, 6) is 0.520. The molecule has 0 unspecified atom stereocenters. The number of hydrogen-bond donors (Lipinski definition) is 1. The van der Waals surface area contributed by atoms with Gasteiger partial charge in [-0.25, -0.2) is 8.78 Å². The number of rotatable bonds is 5. The number of thioether (sulfide) groups is 1. The van der Waals surface area contributed by atoms with E-state index < -0.39 is 6.43 Å². The van der Waals surface area contributed by atoms with Crippen LogP contribution in [0, 0.1) is 0 Å². The number of hydrogen-bond acceptors (Lipinski definition) is 2. The van der Waals surface area contributed by atoms with E-state index in [1.165, 1.54) is 30.2 Å². The van der Waals surface area contributed by atoms with E-state index in [0.29, 0.717) is 12.0 Å². The van der Waals surface area contributed by atoms with Crippen LogP contribution in [0.2, 0.25) is 0 Å². The van der Waals surface area contributed by atoms with Crippen molar-refractivity contribution in [1.82, 2.24) is 5.32 Å². The zero-order chi connectivity index (χ0) is 12.3. The number of benzene rings is 1. The van der Waals surface area contributed by atoms with Crippen molar-refractivity contribution in [3.63, 3.8) is 0 Å². The lowest BCUT2D eigenvalue weighted by Crippen LogP contribution is -2.37. The Kier molecular flexibility index (Phi) is 4.40. The summed E-state index contributed by atoms with van der Waals surface area (Å²) in [6, 6.07) is 8.70. The molecule has 0 heterocycles. The van der Waals surface area contributed by atoms with E-state index in [9.17, 15) is 8.78 Å². The van der Waals surface area contributed by atoms with Gasteiger partial charge < -0.3 is 5.32 Å². The van der Waals surface area contributed by atoms with Crippen molar-refractivity contribution in [1.29, 1.82) is 0 Å². The first-order chi connectivity index (χ1) is 8.19. The molecule has 0 aromatic heterocycles. The van der Waals surface area contributed by atoms with Crippen LogP contribution in [0.3, 0.4) is 0 Å². The smallest absolute Gasteiger partial charge is 0.247 e. The van der Waals surface area contributed by atoms with Gasteiger partial charge in [0.25, 0.3) is 0 Å². The highest BCUT2D eigenvalue weighted by Crippen LogP contribution is 2.37. The number of halogens is 2.